The number of halogens is 1. The molecule has 0 bridgehead atoms. The summed E-state index contributed by atoms with van der Waals surface area (Å²) in [6.45, 7) is 10.5. The van der Waals surface area contributed by atoms with Crippen molar-refractivity contribution in [2.45, 2.75) is 52.7 Å². The molecule has 1 aliphatic rings. The predicted molar refractivity (Wildman–Crippen MR) is 130 cm³/mol. The molecule has 34 heavy (non-hydrogen) atoms. The molecule has 4 nitrogen and oxygen atoms in total. The number of para-hydroxylation sites is 1. The van der Waals surface area contributed by atoms with E-state index < -0.39 is 5.82 Å². The molecule has 0 radical (unpaired) electrons. The summed E-state index contributed by atoms with van der Waals surface area (Å²) in [5, 5.41) is 0. The van der Waals surface area contributed by atoms with Gasteiger partial charge in [0.25, 0.3) is 0 Å². The highest BCUT2D eigenvalue weighted by Gasteiger charge is 2.65. The molecule has 5 heteroatoms. The van der Waals surface area contributed by atoms with E-state index in [2.05, 4.69) is 32.9 Å². The first-order chi connectivity index (χ1) is 16.1. The number of hydrogen-bond acceptors (Lipinski definition) is 4. The van der Waals surface area contributed by atoms with Gasteiger partial charge in [0.15, 0.2) is 11.6 Å². The lowest BCUT2D eigenvalue weighted by molar-refractivity contribution is -0.147. The molecule has 0 spiro atoms. The molecular formula is C29H31FO4. The standard InChI is InChI=1S/C29H31FO4/c1-28(2,3)20-12-14-22(15-13-20)34-26-25(29(26,4)5)27(31)32-18-19-11-16-23(30)24(17-19)33-21-9-7-6-8-10-21/h6-17,25-26H,18H2,1-5H3. The summed E-state index contributed by atoms with van der Waals surface area (Å²) in [4.78, 5) is 12.8. The summed E-state index contributed by atoms with van der Waals surface area (Å²) in [6.07, 6.45) is -0.259. The second kappa shape index (κ2) is 9.13. The van der Waals surface area contributed by atoms with Crippen molar-refractivity contribution >= 4 is 5.97 Å². The van der Waals surface area contributed by atoms with E-state index in [1.165, 1.54) is 11.6 Å². The van der Waals surface area contributed by atoms with Crippen LogP contribution in [0.15, 0.2) is 72.8 Å². The molecule has 2 atom stereocenters. The number of ether oxygens (including phenoxy) is 3. The first-order valence-electron chi connectivity index (χ1n) is 11.5. The van der Waals surface area contributed by atoms with E-state index >= 15 is 0 Å². The van der Waals surface area contributed by atoms with Gasteiger partial charge in [-0.25, -0.2) is 4.39 Å². The van der Waals surface area contributed by atoms with Gasteiger partial charge in [-0.05, 0) is 52.9 Å². The van der Waals surface area contributed by atoms with Gasteiger partial charge in [-0.1, -0.05) is 71.0 Å². The molecule has 1 saturated carbocycles. The van der Waals surface area contributed by atoms with E-state index in [0.717, 1.165) is 5.75 Å². The van der Waals surface area contributed by atoms with Crippen LogP contribution in [-0.4, -0.2) is 12.1 Å². The van der Waals surface area contributed by atoms with Crippen molar-refractivity contribution in [1.82, 2.24) is 0 Å². The minimum absolute atomic E-state index is 0.0316. The van der Waals surface area contributed by atoms with Crippen LogP contribution in [0.4, 0.5) is 4.39 Å². The summed E-state index contributed by atoms with van der Waals surface area (Å²) in [5.74, 6) is 0.194. The molecule has 1 aliphatic carbocycles. The molecule has 3 aromatic carbocycles. The topological polar surface area (TPSA) is 44.8 Å². The van der Waals surface area contributed by atoms with Crippen LogP contribution < -0.4 is 9.47 Å². The molecule has 0 amide bonds. The molecule has 178 valence electrons. The van der Waals surface area contributed by atoms with Gasteiger partial charge >= 0.3 is 5.97 Å². The Labute approximate surface area is 200 Å². The van der Waals surface area contributed by atoms with E-state index in [1.807, 2.05) is 44.2 Å². The molecule has 0 saturated heterocycles. The SMILES string of the molecule is CC(C)(C)c1ccc(OC2C(C(=O)OCc3ccc(F)c(Oc4ccccc4)c3)C2(C)C)cc1. The Bertz CT molecular complexity index is 1150. The van der Waals surface area contributed by atoms with Gasteiger partial charge in [0.1, 0.15) is 30.1 Å². The fourth-order valence-electron chi connectivity index (χ4n) is 3.99. The fraction of sp³-hybridized carbons (Fsp3) is 0.345. The highest BCUT2D eigenvalue weighted by Crippen LogP contribution is 2.54. The minimum Gasteiger partial charge on any atom is -0.489 e. The lowest BCUT2D eigenvalue weighted by Crippen LogP contribution is -2.13. The third-order valence-corrected chi connectivity index (χ3v) is 6.31. The third-order valence-electron chi connectivity index (χ3n) is 6.31. The Morgan fingerprint density at radius 1 is 0.941 bits per heavy atom. The van der Waals surface area contributed by atoms with Crippen LogP contribution in [0.3, 0.4) is 0 Å². The highest BCUT2D eigenvalue weighted by atomic mass is 19.1. The maximum absolute atomic E-state index is 14.2. The predicted octanol–water partition coefficient (Wildman–Crippen LogP) is 7.06. The number of benzene rings is 3. The normalized spacial score (nSPS) is 18.8. The summed E-state index contributed by atoms with van der Waals surface area (Å²) in [6, 6.07) is 21.4. The summed E-state index contributed by atoms with van der Waals surface area (Å²) < 4.78 is 31.5. The van der Waals surface area contributed by atoms with Gasteiger partial charge in [-0.15, -0.1) is 0 Å². The van der Waals surface area contributed by atoms with Crippen molar-refractivity contribution < 1.29 is 23.4 Å². The summed E-state index contributed by atoms with van der Waals surface area (Å²) >= 11 is 0. The van der Waals surface area contributed by atoms with Gasteiger partial charge in [0.05, 0.1) is 0 Å². The zero-order valence-electron chi connectivity index (χ0n) is 20.3. The maximum atomic E-state index is 14.2. The third kappa shape index (κ3) is 5.24. The van der Waals surface area contributed by atoms with Gasteiger partial charge < -0.3 is 14.2 Å². The Kier molecular flexibility index (Phi) is 6.39. The molecular weight excluding hydrogens is 431 g/mol. The van der Waals surface area contributed by atoms with Crippen molar-refractivity contribution in [3.05, 3.63) is 89.7 Å². The minimum atomic E-state index is -0.479. The van der Waals surface area contributed by atoms with Crippen LogP contribution in [0.1, 0.15) is 45.7 Å². The van der Waals surface area contributed by atoms with Gasteiger partial charge in [0.2, 0.25) is 0 Å². The van der Waals surface area contributed by atoms with Crippen molar-refractivity contribution in [3.8, 4) is 17.2 Å². The fourth-order valence-corrected chi connectivity index (χ4v) is 3.99. The summed E-state index contributed by atoms with van der Waals surface area (Å²) in [5.41, 5.74) is 1.61. The number of carbonyl (C=O) groups is 1. The van der Waals surface area contributed by atoms with E-state index in [-0.39, 0.29) is 41.2 Å². The summed E-state index contributed by atoms with van der Waals surface area (Å²) in [7, 11) is 0. The maximum Gasteiger partial charge on any atom is 0.313 e. The second-order valence-electron chi connectivity index (χ2n) is 10.4. The van der Waals surface area contributed by atoms with Gasteiger partial charge in [-0.3, -0.25) is 4.79 Å². The lowest BCUT2D eigenvalue weighted by Gasteiger charge is -2.19. The van der Waals surface area contributed by atoms with E-state index in [0.29, 0.717) is 11.3 Å². The van der Waals surface area contributed by atoms with Crippen molar-refractivity contribution in [2.75, 3.05) is 0 Å². The molecule has 0 aliphatic heterocycles. The quantitative estimate of drug-likeness (QED) is 0.353. The van der Waals surface area contributed by atoms with E-state index in [1.54, 1.807) is 24.3 Å². The first-order valence-corrected chi connectivity index (χ1v) is 11.5. The van der Waals surface area contributed by atoms with Crippen LogP contribution in [0, 0.1) is 17.2 Å². The smallest absolute Gasteiger partial charge is 0.313 e. The van der Waals surface area contributed by atoms with Crippen LogP contribution in [0.5, 0.6) is 17.2 Å². The van der Waals surface area contributed by atoms with Crippen molar-refractivity contribution in [1.29, 1.82) is 0 Å². The van der Waals surface area contributed by atoms with Gasteiger partial charge in [-0.2, -0.15) is 0 Å². The average molecular weight is 463 g/mol. The Balaban J connectivity index is 1.36. The average Bonchev–Trinajstić information content (AvgIpc) is 3.34. The number of hydrogen-bond donors (Lipinski definition) is 0. The van der Waals surface area contributed by atoms with Gasteiger partial charge in [0, 0.05) is 5.41 Å². The highest BCUT2D eigenvalue weighted by molar-refractivity contribution is 5.78. The van der Waals surface area contributed by atoms with Crippen molar-refractivity contribution in [3.63, 3.8) is 0 Å². The molecule has 3 aromatic rings. The van der Waals surface area contributed by atoms with Crippen molar-refractivity contribution in [2.24, 2.45) is 11.3 Å². The number of rotatable bonds is 7. The van der Waals surface area contributed by atoms with Crippen LogP contribution in [-0.2, 0) is 21.6 Å². The first kappa shape index (κ1) is 23.8. The number of esters is 1. The molecule has 1 fully saturated rings. The molecule has 0 N–H and O–H groups in total. The zero-order chi connectivity index (χ0) is 24.5. The molecule has 0 heterocycles. The van der Waals surface area contributed by atoms with Crippen LogP contribution in [0.2, 0.25) is 0 Å². The zero-order valence-corrected chi connectivity index (χ0v) is 20.3. The van der Waals surface area contributed by atoms with E-state index in [4.69, 9.17) is 14.2 Å². The van der Waals surface area contributed by atoms with Crippen LogP contribution in [0.25, 0.3) is 0 Å². The van der Waals surface area contributed by atoms with E-state index in [9.17, 15) is 9.18 Å². The molecule has 2 unspecified atom stereocenters. The Morgan fingerprint density at radius 2 is 1.62 bits per heavy atom. The largest absolute Gasteiger partial charge is 0.489 e. The molecule has 0 aromatic heterocycles. The lowest BCUT2D eigenvalue weighted by atomic mass is 9.87. The number of carbonyl (C=O) groups excluding carboxylic acids is 1. The van der Waals surface area contributed by atoms with Crippen LogP contribution >= 0.6 is 0 Å². The Hall–Kier alpha value is -3.34. The second-order valence-corrected chi connectivity index (χ2v) is 10.4. The monoisotopic (exact) mass is 462 g/mol. The molecule has 4 rings (SSSR count). The Morgan fingerprint density at radius 3 is 2.26 bits per heavy atom.